The van der Waals surface area contributed by atoms with Gasteiger partial charge in [0.05, 0.1) is 25.6 Å². The molecule has 0 aliphatic carbocycles. The third-order valence-corrected chi connectivity index (χ3v) is 6.15. The molecule has 1 aliphatic heterocycles. The van der Waals surface area contributed by atoms with Crippen LogP contribution in [0, 0.1) is 0 Å². The average molecular weight is 518 g/mol. The lowest BCUT2D eigenvalue weighted by atomic mass is 10.1. The maximum atomic E-state index is 13.5. The molecule has 2 aromatic heterocycles. The van der Waals surface area contributed by atoms with Crippen LogP contribution in [0.3, 0.4) is 0 Å². The molecule has 9 nitrogen and oxygen atoms in total. The van der Waals surface area contributed by atoms with Crippen LogP contribution in [0.5, 0.6) is 11.6 Å². The molecule has 10 heteroatoms. The number of aromatic nitrogens is 3. The predicted molar refractivity (Wildman–Crippen MR) is 142 cm³/mol. The molecular formula is C26H36ClN5O4. The highest BCUT2D eigenvalue weighted by molar-refractivity contribution is 5.85. The van der Waals surface area contributed by atoms with Crippen molar-refractivity contribution in [2.24, 2.45) is 0 Å². The third kappa shape index (κ3) is 6.79. The first-order valence-electron chi connectivity index (χ1n) is 12.4. The van der Waals surface area contributed by atoms with E-state index in [1.54, 1.807) is 19.4 Å². The van der Waals surface area contributed by atoms with E-state index in [0.717, 1.165) is 31.6 Å². The number of hydrogen-bond donors (Lipinski definition) is 1. The fourth-order valence-electron chi connectivity index (χ4n) is 4.46. The summed E-state index contributed by atoms with van der Waals surface area (Å²) in [4.78, 5) is 28.5. The molecule has 0 saturated carbocycles. The maximum absolute atomic E-state index is 13.5. The summed E-state index contributed by atoms with van der Waals surface area (Å²) in [6, 6.07) is 9.01. The summed E-state index contributed by atoms with van der Waals surface area (Å²) >= 11 is 0. The number of fused-ring (bicyclic) bond motifs is 1. The van der Waals surface area contributed by atoms with Crippen LogP contribution in [0.4, 0.5) is 0 Å². The first-order chi connectivity index (χ1) is 16.9. The molecular weight excluding hydrogens is 482 g/mol. The molecule has 0 spiro atoms. The molecule has 1 fully saturated rings. The second kappa shape index (κ2) is 12.8. The lowest BCUT2D eigenvalue weighted by molar-refractivity contribution is -0.122. The number of nitrogens with one attached hydrogen (secondary N) is 1. The Hall–Kier alpha value is -3.04. The molecule has 1 amide bonds. The monoisotopic (exact) mass is 517 g/mol. The highest BCUT2D eigenvalue weighted by atomic mass is 35.5. The van der Waals surface area contributed by atoms with E-state index in [2.05, 4.69) is 15.3 Å². The lowest BCUT2D eigenvalue weighted by Crippen LogP contribution is -2.37. The summed E-state index contributed by atoms with van der Waals surface area (Å²) in [6.07, 6.45) is 6.52. The van der Waals surface area contributed by atoms with Crippen LogP contribution in [0.1, 0.15) is 39.5 Å². The number of nitrogens with zero attached hydrogens (tertiary/aromatic N) is 4. The van der Waals surface area contributed by atoms with Crippen LogP contribution in [0.2, 0.25) is 0 Å². The summed E-state index contributed by atoms with van der Waals surface area (Å²) in [5.74, 6) is 0.831. The number of ether oxygens (including phenoxy) is 2. The number of rotatable bonds is 10. The van der Waals surface area contributed by atoms with Crippen LogP contribution in [-0.2, 0) is 11.3 Å². The summed E-state index contributed by atoms with van der Waals surface area (Å²) in [6.45, 7) is 7.53. The van der Waals surface area contributed by atoms with E-state index in [1.165, 1.54) is 28.3 Å². The van der Waals surface area contributed by atoms with Crippen molar-refractivity contribution in [3.8, 4) is 22.9 Å². The fraction of sp³-hybridized carbons (Fsp3) is 0.500. The molecule has 0 unspecified atom stereocenters. The van der Waals surface area contributed by atoms with Gasteiger partial charge in [-0.15, -0.1) is 17.5 Å². The topological polar surface area (TPSA) is 90.1 Å². The van der Waals surface area contributed by atoms with Crippen LogP contribution >= 0.6 is 12.4 Å². The molecule has 1 saturated heterocycles. The molecule has 3 heterocycles. The predicted octanol–water partition coefficient (Wildman–Crippen LogP) is 3.37. The van der Waals surface area contributed by atoms with Gasteiger partial charge in [-0.05, 0) is 58.3 Å². The van der Waals surface area contributed by atoms with E-state index in [9.17, 15) is 9.59 Å². The Balaban J connectivity index is 0.00000361. The summed E-state index contributed by atoms with van der Waals surface area (Å²) < 4.78 is 14.3. The Labute approximate surface area is 217 Å². The maximum Gasteiger partial charge on any atom is 0.277 e. The zero-order valence-corrected chi connectivity index (χ0v) is 22.1. The molecule has 1 aliphatic rings. The summed E-state index contributed by atoms with van der Waals surface area (Å²) in [5, 5.41) is 7.35. The van der Waals surface area contributed by atoms with Crippen molar-refractivity contribution in [2.75, 3.05) is 33.4 Å². The van der Waals surface area contributed by atoms with Gasteiger partial charge in [-0.1, -0.05) is 18.6 Å². The van der Waals surface area contributed by atoms with Crippen molar-refractivity contribution >= 4 is 23.8 Å². The smallest absolute Gasteiger partial charge is 0.277 e. The number of benzene rings is 1. The number of carbonyl (C=O) groups is 1. The molecule has 0 bridgehead atoms. The number of amides is 1. The number of piperidine rings is 1. The lowest BCUT2D eigenvalue weighted by Gasteiger charge is -2.26. The number of methoxy groups -OCH3 is 1. The molecule has 1 aromatic carbocycles. The second-order valence-electron chi connectivity index (χ2n) is 9.28. The van der Waals surface area contributed by atoms with Crippen molar-refractivity contribution in [1.82, 2.24) is 24.4 Å². The van der Waals surface area contributed by atoms with Gasteiger partial charge in [-0.25, -0.2) is 4.52 Å². The van der Waals surface area contributed by atoms with Gasteiger partial charge in [0, 0.05) is 24.2 Å². The molecule has 196 valence electrons. The summed E-state index contributed by atoms with van der Waals surface area (Å²) in [5.41, 5.74) is 1.38. The minimum Gasteiger partial charge on any atom is -0.497 e. The van der Waals surface area contributed by atoms with E-state index < -0.39 is 0 Å². The molecule has 0 radical (unpaired) electrons. The minimum absolute atomic E-state index is 0. The van der Waals surface area contributed by atoms with Gasteiger partial charge < -0.3 is 19.7 Å². The SMILES string of the molecule is COc1cccc(-c2cn3nc(OCCCN4CCCCC4)cc3c(=O)n2CC(=O)NC(C)C)c1.Cl. The van der Waals surface area contributed by atoms with Gasteiger partial charge in [0.15, 0.2) is 0 Å². The zero-order valence-electron chi connectivity index (χ0n) is 21.2. The van der Waals surface area contributed by atoms with Gasteiger partial charge in [-0.2, -0.15) is 0 Å². The van der Waals surface area contributed by atoms with E-state index in [-0.39, 0.29) is 36.5 Å². The molecule has 0 atom stereocenters. The standard InChI is InChI=1S/C26H35N5O4.ClH/c1-19(2)27-24(32)18-30-23(20-9-7-10-21(15-20)34-3)17-31-22(26(30)33)16-25(28-31)35-14-8-13-29-11-5-4-6-12-29;/h7,9-10,15-17,19H,4-6,8,11-14,18H2,1-3H3,(H,27,32);1H. The van der Waals surface area contributed by atoms with Gasteiger partial charge in [0.1, 0.15) is 17.8 Å². The van der Waals surface area contributed by atoms with E-state index >= 15 is 0 Å². The Morgan fingerprint density at radius 2 is 1.94 bits per heavy atom. The van der Waals surface area contributed by atoms with Crippen molar-refractivity contribution < 1.29 is 14.3 Å². The number of likely N-dealkylation sites (tertiary alicyclic amines) is 1. The van der Waals surface area contributed by atoms with Gasteiger partial charge in [0.2, 0.25) is 11.8 Å². The van der Waals surface area contributed by atoms with Crippen molar-refractivity contribution in [3.63, 3.8) is 0 Å². The van der Waals surface area contributed by atoms with E-state index in [1.807, 2.05) is 38.1 Å². The molecule has 4 rings (SSSR count). The normalized spacial score (nSPS) is 14.0. The zero-order chi connectivity index (χ0) is 24.8. The minimum atomic E-state index is -0.306. The van der Waals surface area contributed by atoms with Crippen LogP contribution in [0.25, 0.3) is 16.8 Å². The Morgan fingerprint density at radius 3 is 2.67 bits per heavy atom. The fourth-order valence-corrected chi connectivity index (χ4v) is 4.46. The van der Waals surface area contributed by atoms with Gasteiger partial charge in [-0.3, -0.25) is 14.2 Å². The van der Waals surface area contributed by atoms with Gasteiger partial charge in [0.25, 0.3) is 5.56 Å². The third-order valence-electron chi connectivity index (χ3n) is 6.15. The highest BCUT2D eigenvalue weighted by Crippen LogP contribution is 2.24. The quantitative estimate of drug-likeness (QED) is 0.415. The van der Waals surface area contributed by atoms with Gasteiger partial charge >= 0.3 is 0 Å². The number of halogens is 1. The number of hydrogen-bond acceptors (Lipinski definition) is 6. The van der Waals surface area contributed by atoms with Crippen molar-refractivity contribution in [3.05, 3.63) is 46.9 Å². The van der Waals surface area contributed by atoms with E-state index in [0.29, 0.717) is 29.4 Å². The van der Waals surface area contributed by atoms with E-state index in [4.69, 9.17) is 9.47 Å². The van der Waals surface area contributed by atoms with Crippen molar-refractivity contribution in [2.45, 2.75) is 52.1 Å². The van der Waals surface area contributed by atoms with Crippen LogP contribution < -0.4 is 20.3 Å². The Morgan fingerprint density at radius 1 is 1.17 bits per heavy atom. The van der Waals surface area contributed by atoms with Crippen molar-refractivity contribution in [1.29, 1.82) is 0 Å². The summed E-state index contributed by atoms with van der Waals surface area (Å²) in [7, 11) is 1.59. The molecule has 36 heavy (non-hydrogen) atoms. The Kier molecular flexibility index (Phi) is 9.78. The first kappa shape index (κ1) is 27.5. The molecule has 3 aromatic rings. The number of carbonyl (C=O) groups excluding carboxylic acids is 1. The Bertz CT molecular complexity index is 1220. The highest BCUT2D eigenvalue weighted by Gasteiger charge is 2.18. The molecule has 1 N–H and O–H groups in total. The van der Waals surface area contributed by atoms with Crippen LogP contribution in [0.15, 0.2) is 41.3 Å². The first-order valence-corrected chi connectivity index (χ1v) is 12.4. The largest absolute Gasteiger partial charge is 0.497 e. The average Bonchev–Trinajstić information content (AvgIpc) is 3.27. The second-order valence-corrected chi connectivity index (χ2v) is 9.28. The van der Waals surface area contributed by atoms with Crippen LogP contribution in [-0.4, -0.2) is 64.4 Å².